The normalized spacial score (nSPS) is 13.7. The van der Waals surface area contributed by atoms with Crippen molar-refractivity contribution in [1.29, 1.82) is 0 Å². The number of anilines is 1. The lowest BCUT2D eigenvalue weighted by atomic mass is 10.0. The summed E-state index contributed by atoms with van der Waals surface area (Å²) in [7, 11) is 0. The van der Waals surface area contributed by atoms with E-state index >= 15 is 0 Å². The number of fused-ring (bicyclic) bond motifs is 1. The Morgan fingerprint density at radius 1 is 1.33 bits per heavy atom. The van der Waals surface area contributed by atoms with Crippen LogP contribution in [0, 0.1) is 0 Å². The van der Waals surface area contributed by atoms with Crippen LogP contribution in [0.2, 0.25) is 0 Å². The Bertz CT molecular complexity index is 804. The van der Waals surface area contributed by atoms with Crippen LogP contribution in [0.4, 0.5) is 10.5 Å². The number of rotatable bonds is 2. The Morgan fingerprint density at radius 2 is 2.08 bits per heavy atom. The summed E-state index contributed by atoms with van der Waals surface area (Å²) in [5, 5.41) is 12.5. The van der Waals surface area contributed by atoms with E-state index in [4.69, 9.17) is 14.4 Å². The molecule has 0 saturated carbocycles. The number of carbonyl (C=O) groups excluding carboxylic acids is 1. The van der Waals surface area contributed by atoms with Crippen LogP contribution in [0.1, 0.15) is 36.8 Å². The molecule has 2 heterocycles. The number of carboxylic acid groups (broad SMARTS) is 1. The van der Waals surface area contributed by atoms with Crippen LogP contribution in [-0.2, 0) is 11.2 Å². The molecular formula is C17H18N2O5. The summed E-state index contributed by atoms with van der Waals surface area (Å²) in [5.74, 6) is -0.775. The molecule has 0 fully saturated rings. The van der Waals surface area contributed by atoms with Gasteiger partial charge in [0, 0.05) is 18.2 Å². The minimum Gasteiger partial charge on any atom is -0.476 e. The summed E-state index contributed by atoms with van der Waals surface area (Å²) in [5.41, 5.74) is 1.67. The van der Waals surface area contributed by atoms with Gasteiger partial charge >= 0.3 is 12.1 Å². The average Bonchev–Trinajstić information content (AvgIpc) is 3.12. The highest BCUT2D eigenvalue weighted by Crippen LogP contribution is 2.37. The van der Waals surface area contributed by atoms with Gasteiger partial charge in [-0.1, -0.05) is 17.3 Å². The van der Waals surface area contributed by atoms with Gasteiger partial charge in [0.25, 0.3) is 0 Å². The Morgan fingerprint density at radius 3 is 2.71 bits per heavy atom. The van der Waals surface area contributed by atoms with Gasteiger partial charge < -0.3 is 14.4 Å². The first-order valence-electron chi connectivity index (χ1n) is 7.59. The van der Waals surface area contributed by atoms with Crippen LogP contribution in [0.25, 0.3) is 11.3 Å². The number of nitrogens with zero attached hydrogens (tertiary/aromatic N) is 2. The van der Waals surface area contributed by atoms with Crippen LogP contribution in [0.15, 0.2) is 28.8 Å². The summed E-state index contributed by atoms with van der Waals surface area (Å²) in [6, 6.07) is 6.84. The smallest absolute Gasteiger partial charge is 0.414 e. The molecule has 0 saturated heterocycles. The molecule has 3 rings (SSSR count). The highest BCUT2D eigenvalue weighted by atomic mass is 16.6. The predicted octanol–water partition coefficient (Wildman–Crippen LogP) is 3.34. The first-order chi connectivity index (χ1) is 11.3. The molecule has 1 amide bonds. The third-order valence-electron chi connectivity index (χ3n) is 3.64. The van der Waals surface area contributed by atoms with Crippen LogP contribution >= 0.6 is 0 Å². The van der Waals surface area contributed by atoms with E-state index < -0.39 is 17.7 Å². The minimum atomic E-state index is -1.15. The maximum absolute atomic E-state index is 12.4. The number of ether oxygens (including phenoxy) is 1. The maximum atomic E-state index is 12.4. The molecule has 7 heteroatoms. The fraction of sp³-hybridized carbons (Fsp3) is 0.353. The second kappa shape index (κ2) is 5.67. The molecule has 0 radical (unpaired) electrons. The Hall–Kier alpha value is -2.83. The van der Waals surface area contributed by atoms with E-state index in [-0.39, 0.29) is 5.69 Å². The van der Waals surface area contributed by atoms with Crippen molar-refractivity contribution >= 4 is 17.7 Å². The third-order valence-corrected chi connectivity index (χ3v) is 3.64. The molecule has 0 aliphatic carbocycles. The summed E-state index contributed by atoms with van der Waals surface area (Å²) in [6.45, 7) is 5.96. The van der Waals surface area contributed by atoms with Crippen LogP contribution in [0.5, 0.6) is 0 Å². The molecule has 0 spiro atoms. The number of hydrogen-bond acceptors (Lipinski definition) is 5. The SMILES string of the molecule is CC(C)(C)OC(=O)N1CCc2c(-c3cc(C(=O)O)no3)cccc21. The summed E-state index contributed by atoms with van der Waals surface area (Å²) in [6.07, 6.45) is 0.232. The third kappa shape index (κ3) is 2.97. The van der Waals surface area contributed by atoms with Gasteiger partial charge in [-0.3, -0.25) is 4.90 Å². The molecule has 1 aromatic heterocycles. The van der Waals surface area contributed by atoms with Crippen LogP contribution in [0.3, 0.4) is 0 Å². The summed E-state index contributed by atoms with van der Waals surface area (Å²) >= 11 is 0. The maximum Gasteiger partial charge on any atom is 0.414 e. The van der Waals surface area contributed by atoms with Gasteiger partial charge in [-0.15, -0.1) is 0 Å². The van der Waals surface area contributed by atoms with E-state index in [1.807, 2.05) is 32.9 Å². The zero-order valence-electron chi connectivity index (χ0n) is 13.7. The van der Waals surface area contributed by atoms with E-state index in [2.05, 4.69) is 5.16 Å². The summed E-state index contributed by atoms with van der Waals surface area (Å²) in [4.78, 5) is 24.9. The molecular weight excluding hydrogens is 312 g/mol. The van der Waals surface area contributed by atoms with Gasteiger partial charge in [0.1, 0.15) is 5.60 Å². The molecule has 0 bridgehead atoms. The molecule has 1 aliphatic rings. The fourth-order valence-corrected chi connectivity index (χ4v) is 2.67. The van der Waals surface area contributed by atoms with Gasteiger partial charge in [0.15, 0.2) is 11.5 Å². The van der Waals surface area contributed by atoms with Crippen molar-refractivity contribution in [1.82, 2.24) is 5.16 Å². The molecule has 0 atom stereocenters. The number of carboxylic acids is 1. The number of benzene rings is 1. The van der Waals surface area contributed by atoms with E-state index in [1.54, 1.807) is 11.0 Å². The van der Waals surface area contributed by atoms with Crippen molar-refractivity contribution in [2.75, 3.05) is 11.4 Å². The molecule has 7 nitrogen and oxygen atoms in total. The van der Waals surface area contributed by atoms with Crippen molar-refractivity contribution in [2.24, 2.45) is 0 Å². The molecule has 2 aromatic rings. The lowest BCUT2D eigenvalue weighted by Crippen LogP contribution is -2.35. The first kappa shape index (κ1) is 16.0. The highest BCUT2D eigenvalue weighted by molar-refractivity contribution is 5.93. The number of hydrogen-bond donors (Lipinski definition) is 1. The van der Waals surface area contributed by atoms with Crippen molar-refractivity contribution in [2.45, 2.75) is 32.8 Å². The zero-order valence-corrected chi connectivity index (χ0v) is 13.7. The number of carbonyl (C=O) groups is 2. The number of aromatic nitrogens is 1. The Labute approximate surface area is 138 Å². The standard InChI is InChI=1S/C17H18N2O5/c1-17(2,3)23-16(22)19-8-7-10-11(5-4-6-13(10)19)14-9-12(15(20)21)18-24-14/h4-6,9H,7-8H2,1-3H3,(H,20,21). The van der Waals surface area contributed by atoms with Gasteiger partial charge in [0.2, 0.25) is 0 Å². The van der Waals surface area contributed by atoms with E-state index in [1.165, 1.54) is 6.07 Å². The van der Waals surface area contributed by atoms with Crippen LogP contribution < -0.4 is 4.90 Å². The molecule has 1 N–H and O–H groups in total. The van der Waals surface area contributed by atoms with E-state index in [0.717, 1.165) is 16.8 Å². The second-order valence-corrected chi connectivity index (χ2v) is 6.57. The minimum absolute atomic E-state index is 0.149. The topological polar surface area (TPSA) is 92.9 Å². The quantitative estimate of drug-likeness (QED) is 0.908. The Balaban J connectivity index is 1.94. The predicted molar refractivity (Wildman–Crippen MR) is 86.2 cm³/mol. The van der Waals surface area contributed by atoms with Crippen molar-refractivity contribution < 1.29 is 24.0 Å². The lowest BCUT2D eigenvalue weighted by molar-refractivity contribution is 0.0583. The largest absolute Gasteiger partial charge is 0.476 e. The van der Waals surface area contributed by atoms with Crippen molar-refractivity contribution in [3.8, 4) is 11.3 Å². The molecule has 0 unspecified atom stereocenters. The van der Waals surface area contributed by atoms with E-state index in [9.17, 15) is 9.59 Å². The average molecular weight is 330 g/mol. The highest BCUT2D eigenvalue weighted by Gasteiger charge is 2.31. The van der Waals surface area contributed by atoms with Gasteiger partial charge in [-0.25, -0.2) is 9.59 Å². The fourth-order valence-electron chi connectivity index (χ4n) is 2.67. The van der Waals surface area contributed by atoms with Crippen molar-refractivity contribution in [3.63, 3.8) is 0 Å². The molecule has 1 aliphatic heterocycles. The van der Waals surface area contributed by atoms with E-state index in [0.29, 0.717) is 18.7 Å². The summed E-state index contributed by atoms with van der Waals surface area (Å²) < 4.78 is 10.6. The van der Waals surface area contributed by atoms with Crippen LogP contribution in [-0.4, -0.2) is 34.5 Å². The zero-order chi connectivity index (χ0) is 17.5. The first-order valence-corrected chi connectivity index (χ1v) is 7.59. The number of amides is 1. The molecule has 1 aromatic carbocycles. The lowest BCUT2D eigenvalue weighted by Gasteiger charge is -2.24. The monoisotopic (exact) mass is 330 g/mol. The van der Waals surface area contributed by atoms with Gasteiger partial charge in [0.05, 0.1) is 5.69 Å². The van der Waals surface area contributed by atoms with Gasteiger partial charge in [-0.05, 0) is 38.8 Å². The molecule has 126 valence electrons. The van der Waals surface area contributed by atoms with Crippen molar-refractivity contribution in [3.05, 3.63) is 35.5 Å². The molecule has 24 heavy (non-hydrogen) atoms. The van der Waals surface area contributed by atoms with Gasteiger partial charge in [-0.2, -0.15) is 0 Å². The second-order valence-electron chi connectivity index (χ2n) is 6.57. The number of aromatic carboxylic acids is 1. The Kier molecular flexibility index (Phi) is 3.79.